The third-order valence-electron chi connectivity index (χ3n) is 8.13. The molecule has 4 aliphatic heterocycles. The van der Waals surface area contributed by atoms with Crippen LogP contribution in [0.25, 0.3) is 0 Å². The average Bonchev–Trinajstić information content (AvgIpc) is 3.39. The normalized spacial score (nSPS) is 35.2. The summed E-state index contributed by atoms with van der Waals surface area (Å²) in [7, 11) is 0. The van der Waals surface area contributed by atoms with E-state index < -0.39 is 5.41 Å². The minimum atomic E-state index is -0.449. The zero-order chi connectivity index (χ0) is 20.7. The summed E-state index contributed by atoms with van der Waals surface area (Å²) in [6.45, 7) is 7.14. The minimum Gasteiger partial charge on any atom is -0.381 e. The van der Waals surface area contributed by atoms with Crippen molar-refractivity contribution in [1.29, 1.82) is 0 Å². The van der Waals surface area contributed by atoms with Gasteiger partial charge in [-0.3, -0.25) is 9.69 Å². The van der Waals surface area contributed by atoms with Gasteiger partial charge in [0.2, 0.25) is 5.91 Å². The highest BCUT2D eigenvalue weighted by molar-refractivity contribution is 5.84. The molecule has 164 valence electrons. The van der Waals surface area contributed by atoms with E-state index in [0.29, 0.717) is 37.4 Å². The van der Waals surface area contributed by atoms with Crippen LogP contribution in [0.3, 0.4) is 0 Å². The quantitative estimate of drug-likeness (QED) is 0.823. The highest BCUT2D eigenvalue weighted by Gasteiger charge is 2.49. The van der Waals surface area contributed by atoms with E-state index in [1.54, 1.807) is 6.07 Å². The number of piperidine rings is 1. The van der Waals surface area contributed by atoms with Gasteiger partial charge in [0.15, 0.2) is 0 Å². The predicted molar refractivity (Wildman–Crippen MR) is 115 cm³/mol. The van der Waals surface area contributed by atoms with Crippen LogP contribution in [0.2, 0.25) is 0 Å². The Labute approximate surface area is 178 Å². The Morgan fingerprint density at radius 3 is 2.87 bits per heavy atom. The Hall–Kier alpha value is -1.66. The van der Waals surface area contributed by atoms with Gasteiger partial charge in [-0.1, -0.05) is 6.07 Å². The third kappa shape index (κ3) is 3.42. The predicted octanol–water partition coefficient (Wildman–Crippen LogP) is 3.29. The van der Waals surface area contributed by atoms with Crippen LogP contribution in [0.1, 0.15) is 56.9 Å². The summed E-state index contributed by atoms with van der Waals surface area (Å²) in [4.78, 5) is 17.6. The van der Waals surface area contributed by atoms with Gasteiger partial charge in [-0.2, -0.15) is 0 Å². The SMILES string of the molecule is CC1CCCN1C1CCN(c2ccc(C3COCCC34CCCNC4=O)cc2F)C1. The smallest absolute Gasteiger partial charge is 0.227 e. The molecule has 0 aliphatic carbocycles. The fraction of sp³-hybridized carbons (Fsp3) is 0.708. The first-order valence-electron chi connectivity index (χ1n) is 11.7. The van der Waals surface area contributed by atoms with Crippen molar-refractivity contribution in [2.45, 2.75) is 63.5 Å². The number of rotatable bonds is 3. The summed E-state index contributed by atoms with van der Waals surface area (Å²) >= 11 is 0. The van der Waals surface area contributed by atoms with E-state index >= 15 is 4.39 Å². The molecule has 0 bridgehead atoms. The van der Waals surface area contributed by atoms with Gasteiger partial charge in [-0.05, 0) is 69.7 Å². The molecule has 4 saturated heterocycles. The summed E-state index contributed by atoms with van der Waals surface area (Å²) in [5.74, 6) is -0.125. The molecule has 4 aliphatic rings. The van der Waals surface area contributed by atoms with Crippen molar-refractivity contribution in [1.82, 2.24) is 10.2 Å². The molecule has 4 atom stereocenters. The van der Waals surface area contributed by atoms with E-state index in [2.05, 4.69) is 22.0 Å². The van der Waals surface area contributed by atoms with Crippen LogP contribution in [0.5, 0.6) is 0 Å². The molecule has 1 aromatic rings. The summed E-state index contributed by atoms with van der Waals surface area (Å²) in [6.07, 6.45) is 6.21. The topological polar surface area (TPSA) is 44.8 Å². The molecule has 0 aromatic heterocycles. The first-order chi connectivity index (χ1) is 14.6. The van der Waals surface area contributed by atoms with E-state index in [0.717, 1.165) is 44.5 Å². The summed E-state index contributed by atoms with van der Waals surface area (Å²) in [5, 5.41) is 3.05. The molecule has 4 heterocycles. The van der Waals surface area contributed by atoms with Crippen LogP contribution in [-0.4, -0.2) is 62.3 Å². The Bertz CT molecular complexity index is 797. The molecule has 4 unspecified atom stereocenters. The van der Waals surface area contributed by atoms with Crippen LogP contribution in [-0.2, 0) is 9.53 Å². The molecule has 4 fully saturated rings. The van der Waals surface area contributed by atoms with Crippen molar-refractivity contribution >= 4 is 11.6 Å². The molecule has 1 N–H and O–H groups in total. The maximum atomic E-state index is 15.3. The second-order valence-corrected chi connectivity index (χ2v) is 9.72. The Morgan fingerprint density at radius 1 is 1.20 bits per heavy atom. The summed E-state index contributed by atoms with van der Waals surface area (Å²) in [6, 6.07) is 6.81. The zero-order valence-corrected chi connectivity index (χ0v) is 18.0. The van der Waals surface area contributed by atoms with Gasteiger partial charge in [0.25, 0.3) is 0 Å². The fourth-order valence-electron chi connectivity index (χ4n) is 6.40. The zero-order valence-electron chi connectivity index (χ0n) is 18.0. The lowest BCUT2D eigenvalue weighted by molar-refractivity contribution is -0.142. The Morgan fingerprint density at radius 2 is 2.10 bits per heavy atom. The van der Waals surface area contributed by atoms with Crippen molar-refractivity contribution in [2.24, 2.45) is 5.41 Å². The molecule has 5 nitrogen and oxygen atoms in total. The number of carbonyl (C=O) groups is 1. The Balaban J connectivity index is 1.35. The summed E-state index contributed by atoms with van der Waals surface area (Å²) < 4.78 is 21.0. The minimum absolute atomic E-state index is 0.0770. The highest BCUT2D eigenvalue weighted by atomic mass is 19.1. The number of nitrogens with zero attached hydrogens (tertiary/aromatic N) is 2. The molecular formula is C24H34FN3O2. The number of amides is 1. The van der Waals surface area contributed by atoms with Crippen molar-refractivity contribution in [3.05, 3.63) is 29.6 Å². The lowest BCUT2D eigenvalue weighted by Gasteiger charge is -2.45. The van der Waals surface area contributed by atoms with E-state index in [-0.39, 0.29) is 17.6 Å². The average molecular weight is 416 g/mol. The lowest BCUT2D eigenvalue weighted by Crippen LogP contribution is -2.52. The fourth-order valence-corrected chi connectivity index (χ4v) is 6.40. The standard InChI is InChI=1S/C24H34FN3O2/c1-17-4-2-11-28(17)19-7-12-27(15-19)22-6-5-18(14-21(22)25)20-16-30-13-9-24(20)8-3-10-26-23(24)29/h5-6,14,17,19-20H,2-4,7-13,15-16H2,1H3,(H,26,29). The number of halogens is 1. The maximum absolute atomic E-state index is 15.3. The van der Waals surface area contributed by atoms with E-state index in [4.69, 9.17) is 4.74 Å². The van der Waals surface area contributed by atoms with Gasteiger partial charge in [-0.15, -0.1) is 0 Å². The number of nitrogens with one attached hydrogen (secondary N) is 1. The molecule has 30 heavy (non-hydrogen) atoms. The molecule has 5 rings (SSSR count). The Kier molecular flexibility index (Phi) is 5.48. The largest absolute Gasteiger partial charge is 0.381 e. The molecule has 1 amide bonds. The van der Waals surface area contributed by atoms with Gasteiger partial charge in [0.1, 0.15) is 5.82 Å². The van der Waals surface area contributed by atoms with Gasteiger partial charge in [0.05, 0.1) is 17.7 Å². The van der Waals surface area contributed by atoms with Crippen LogP contribution >= 0.6 is 0 Å². The van der Waals surface area contributed by atoms with Gasteiger partial charge >= 0.3 is 0 Å². The number of hydrogen-bond donors (Lipinski definition) is 1. The highest BCUT2D eigenvalue weighted by Crippen LogP contribution is 2.47. The van der Waals surface area contributed by atoms with Crippen LogP contribution < -0.4 is 10.2 Å². The lowest BCUT2D eigenvalue weighted by atomic mass is 9.64. The molecule has 1 spiro atoms. The molecular weight excluding hydrogens is 381 g/mol. The van der Waals surface area contributed by atoms with Crippen LogP contribution in [0.4, 0.5) is 10.1 Å². The third-order valence-corrected chi connectivity index (χ3v) is 8.13. The van der Waals surface area contributed by atoms with Crippen molar-refractivity contribution in [3.8, 4) is 0 Å². The van der Waals surface area contributed by atoms with Crippen LogP contribution in [0, 0.1) is 11.2 Å². The number of hydrogen-bond acceptors (Lipinski definition) is 4. The second kappa shape index (κ2) is 8.12. The maximum Gasteiger partial charge on any atom is 0.227 e. The first kappa shape index (κ1) is 20.3. The van der Waals surface area contributed by atoms with Crippen LogP contribution in [0.15, 0.2) is 18.2 Å². The number of likely N-dealkylation sites (tertiary alicyclic amines) is 1. The molecule has 6 heteroatoms. The van der Waals surface area contributed by atoms with Gasteiger partial charge < -0.3 is 15.0 Å². The molecule has 0 saturated carbocycles. The second-order valence-electron chi connectivity index (χ2n) is 9.72. The molecule has 0 radical (unpaired) electrons. The number of carbonyl (C=O) groups excluding carboxylic acids is 1. The number of anilines is 1. The number of benzene rings is 1. The van der Waals surface area contributed by atoms with Gasteiger partial charge in [0, 0.05) is 44.2 Å². The van der Waals surface area contributed by atoms with E-state index in [9.17, 15) is 4.79 Å². The van der Waals surface area contributed by atoms with E-state index in [1.165, 1.54) is 19.4 Å². The number of ether oxygens (including phenoxy) is 1. The molecule has 1 aromatic carbocycles. The van der Waals surface area contributed by atoms with Gasteiger partial charge in [-0.25, -0.2) is 4.39 Å². The van der Waals surface area contributed by atoms with Crippen molar-refractivity contribution < 1.29 is 13.9 Å². The van der Waals surface area contributed by atoms with E-state index in [1.807, 2.05) is 12.1 Å². The van der Waals surface area contributed by atoms with Crippen molar-refractivity contribution in [2.75, 3.05) is 44.3 Å². The summed E-state index contributed by atoms with van der Waals surface area (Å²) in [5.41, 5.74) is 1.15. The monoisotopic (exact) mass is 415 g/mol. The first-order valence-corrected chi connectivity index (χ1v) is 11.7. The van der Waals surface area contributed by atoms with Crippen molar-refractivity contribution in [3.63, 3.8) is 0 Å².